The third-order valence-electron chi connectivity index (χ3n) is 3.25. The smallest absolute Gasteiger partial charge is 0.314 e. The molecule has 2 amide bonds. The van der Waals surface area contributed by atoms with Gasteiger partial charge in [-0.1, -0.05) is 0 Å². The normalized spacial score (nSPS) is 29.2. The van der Waals surface area contributed by atoms with Gasteiger partial charge >= 0.3 is 6.03 Å². The van der Waals surface area contributed by atoms with Crippen molar-refractivity contribution >= 4 is 17.8 Å². The van der Waals surface area contributed by atoms with Gasteiger partial charge in [0.2, 0.25) is 0 Å². The highest BCUT2D eigenvalue weighted by Crippen LogP contribution is 2.22. The molecule has 16 heavy (non-hydrogen) atoms. The Labute approximate surface area is 101 Å². The molecule has 0 aromatic rings. The Balaban J connectivity index is 1.53. The van der Waals surface area contributed by atoms with Crippen LogP contribution >= 0.6 is 11.8 Å². The lowest BCUT2D eigenvalue weighted by Crippen LogP contribution is -2.43. The molecule has 0 radical (unpaired) electrons. The first kappa shape index (κ1) is 12.0. The summed E-state index contributed by atoms with van der Waals surface area (Å²) in [4.78, 5) is 11.5. The van der Waals surface area contributed by atoms with Gasteiger partial charge in [-0.05, 0) is 43.2 Å². The zero-order valence-electron chi connectivity index (χ0n) is 9.63. The Morgan fingerprint density at radius 1 is 1.31 bits per heavy atom. The number of nitrogens with one attached hydrogen (secondary N) is 3. The minimum atomic E-state index is -0.00870. The van der Waals surface area contributed by atoms with Crippen LogP contribution in [0.2, 0.25) is 0 Å². The minimum absolute atomic E-state index is 0.00870. The van der Waals surface area contributed by atoms with Crippen LogP contribution in [0.3, 0.4) is 0 Å². The molecule has 2 heterocycles. The topological polar surface area (TPSA) is 53.2 Å². The average molecular weight is 243 g/mol. The van der Waals surface area contributed by atoms with Crippen LogP contribution in [0.4, 0.5) is 4.79 Å². The zero-order valence-corrected chi connectivity index (χ0v) is 10.4. The predicted molar refractivity (Wildman–Crippen MR) is 67.9 cm³/mol. The summed E-state index contributed by atoms with van der Waals surface area (Å²) in [5.74, 6) is 3.13. The number of urea groups is 1. The van der Waals surface area contributed by atoms with Gasteiger partial charge < -0.3 is 16.0 Å². The molecule has 2 atom stereocenters. The van der Waals surface area contributed by atoms with Crippen LogP contribution in [-0.4, -0.2) is 43.2 Å². The van der Waals surface area contributed by atoms with Gasteiger partial charge in [0.15, 0.2) is 0 Å². The number of hydrogen-bond donors (Lipinski definition) is 3. The van der Waals surface area contributed by atoms with Crippen molar-refractivity contribution in [2.24, 2.45) is 5.92 Å². The van der Waals surface area contributed by atoms with Crippen molar-refractivity contribution in [1.29, 1.82) is 0 Å². The molecule has 2 fully saturated rings. The first-order chi connectivity index (χ1) is 7.84. The van der Waals surface area contributed by atoms with Crippen LogP contribution in [0.5, 0.6) is 0 Å². The first-order valence-corrected chi connectivity index (χ1v) is 7.33. The molecule has 4 nitrogen and oxygen atoms in total. The van der Waals surface area contributed by atoms with E-state index in [0.29, 0.717) is 12.0 Å². The summed E-state index contributed by atoms with van der Waals surface area (Å²) in [5, 5.41) is 9.25. The highest BCUT2D eigenvalue weighted by Gasteiger charge is 2.17. The van der Waals surface area contributed by atoms with E-state index in [9.17, 15) is 4.79 Å². The quantitative estimate of drug-likeness (QED) is 0.684. The summed E-state index contributed by atoms with van der Waals surface area (Å²) in [5.41, 5.74) is 0. The Bertz CT molecular complexity index is 203. The molecule has 0 bridgehead atoms. The number of thioether (sulfide) groups is 1. The van der Waals surface area contributed by atoms with Crippen LogP contribution in [0.25, 0.3) is 0 Å². The fourth-order valence-corrected chi connectivity index (χ4v) is 3.48. The number of hydrogen-bond acceptors (Lipinski definition) is 3. The van der Waals surface area contributed by atoms with Crippen molar-refractivity contribution in [3.63, 3.8) is 0 Å². The molecule has 2 unspecified atom stereocenters. The minimum Gasteiger partial charge on any atom is -0.338 e. The summed E-state index contributed by atoms with van der Waals surface area (Å²) in [7, 11) is 0. The second-order valence-corrected chi connectivity index (χ2v) is 5.76. The van der Waals surface area contributed by atoms with Gasteiger partial charge in [-0.2, -0.15) is 11.8 Å². The van der Waals surface area contributed by atoms with Gasteiger partial charge in [-0.15, -0.1) is 0 Å². The Hall–Kier alpha value is -0.420. The maximum absolute atomic E-state index is 11.5. The first-order valence-electron chi connectivity index (χ1n) is 6.17. The molecule has 2 rings (SSSR count). The molecule has 2 saturated heterocycles. The van der Waals surface area contributed by atoms with Crippen molar-refractivity contribution in [2.45, 2.75) is 25.3 Å². The summed E-state index contributed by atoms with van der Waals surface area (Å²) in [6.45, 7) is 2.68. The van der Waals surface area contributed by atoms with Gasteiger partial charge in [0.25, 0.3) is 0 Å². The largest absolute Gasteiger partial charge is 0.338 e. The fourth-order valence-electron chi connectivity index (χ4n) is 2.19. The fraction of sp³-hybridized carbons (Fsp3) is 0.909. The number of carbonyl (C=O) groups excluding carboxylic acids is 1. The zero-order chi connectivity index (χ0) is 11.2. The lowest BCUT2D eigenvalue weighted by Gasteiger charge is -2.14. The van der Waals surface area contributed by atoms with E-state index in [0.717, 1.165) is 19.6 Å². The highest BCUT2D eigenvalue weighted by molar-refractivity contribution is 7.99. The molecule has 0 aliphatic carbocycles. The van der Waals surface area contributed by atoms with Gasteiger partial charge in [0, 0.05) is 19.1 Å². The summed E-state index contributed by atoms with van der Waals surface area (Å²) in [6, 6.07) is 0.471. The van der Waals surface area contributed by atoms with E-state index in [4.69, 9.17) is 0 Å². The molecule has 0 spiro atoms. The Morgan fingerprint density at radius 2 is 2.19 bits per heavy atom. The monoisotopic (exact) mass is 243 g/mol. The number of carbonyl (C=O) groups is 1. The van der Waals surface area contributed by atoms with Crippen LogP contribution < -0.4 is 16.0 Å². The number of rotatable bonds is 4. The standard InChI is InChI=1S/C11H21N3OS/c15-11(13-6-9-3-5-16-8-9)14-7-10-2-1-4-12-10/h9-10,12H,1-8H2,(H2,13,14,15). The van der Waals surface area contributed by atoms with E-state index in [2.05, 4.69) is 16.0 Å². The molecular formula is C11H21N3OS. The van der Waals surface area contributed by atoms with Crippen molar-refractivity contribution in [1.82, 2.24) is 16.0 Å². The Kier molecular flexibility index (Phi) is 4.78. The van der Waals surface area contributed by atoms with Crippen LogP contribution in [-0.2, 0) is 0 Å². The number of amides is 2. The molecular weight excluding hydrogens is 222 g/mol. The molecule has 2 aliphatic heterocycles. The Morgan fingerprint density at radius 3 is 2.88 bits per heavy atom. The van der Waals surface area contributed by atoms with Crippen LogP contribution in [0.1, 0.15) is 19.3 Å². The van der Waals surface area contributed by atoms with E-state index < -0.39 is 0 Å². The van der Waals surface area contributed by atoms with Crippen LogP contribution in [0.15, 0.2) is 0 Å². The molecule has 92 valence electrons. The predicted octanol–water partition coefficient (Wildman–Crippen LogP) is 0.791. The van der Waals surface area contributed by atoms with Gasteiger partial charge in [0.1, 0.15) is 0 Å². The van der Waals surface area contributed by atoms with E-state index in [1.807, 2.05) is 11.8 Å². The summed E-state index contributed by atoms with van der Waals surface area (Å²) < 4.78 is 0. The van der Waals surface area contributed by atoms with Gasteiger partial charge in [-0.3, -0.25) is 0 Å². The third-order valence-corrected chi connectivity index (χ3v) is 4.48. The van der Waals surface area contributed by atoms with E-state index in [-0.39, 0.29) is 6.03 Å². The summed E-state index contributed by atoms with van der Waals surface area (Å²) in [6.07, 6.45) is 3.65. The molecule has 5 heteroatoms. The van der Waals surface area contributed by atoms with Gasteiger partial charge in [-0.25, -0.2) is 4.79 Å². The SMILES string of the molecule is O=C(NCC1CCSC1)NCC1CCCN1. The lowest BCUT2D eigenvalue weighted by atomic mass is 10.1. The maximum atomic E-state index is 11.5. The second kappa shape index (κ2) is 6.35. The molecule has 0 saturated carbocycles. The van der Waals surface area contributed by atoms with E-state index >= 15 is 0 Å². The second-order valence-electron chi connectivity index (χ2n) is 4.61. The van der Waals surface area contributed by atoms with Crippen molar-refractivity contribution < 1.29 is 4.79 Å². The molecule has 3 N–H and O–H groups in total. The molecule has 0 aromatic heterocycles. The van der Waals surface area contributed by atoms with Crippen molar-refractivity contribution in [3.8, 4) is 0 Å². The van der Waals surface area contributed by atoms with E-state index in [1.54, 1.807) is 0 Å². The van der Waals surface area contributed by atoms with Crippen molar-refractivity contribution in [2.75, 3.05) is 31.1 Å². The summed E-state index contributed by atoms with van der Waals surface area (Å²) >= 11 is 1.99. The highest BCUT2D eigenvalue weighted by atomic mass is 32.2. The van der Waals surface area contributed by atoms with Gasteiger partial charge in [0.05, 0.1) is 0 Å². The molecule has 2 aliphatic rings. The van der Waals surface area contributed by atoms with Crippen LogP contribution in [0, 0.1) is 5.92 Å². The van der Waals surface area contributed by atoms with Crippen molar-refractivity contribution in [3.05, 3.63) is 0 Å². The third kappa shape index (κ3) is 3.87. The molecule has 0 aromatic carbocycles. The lowest BCUT2D eigenvalue weighted by molar-refractivity contribution is 0.238. The van der Waals surface area contributed by atoms with E-state index in [1.165, 1.54) is 30.8 Å². The average Bonchev–Trinajstić information content (AvgIpc) is 2.96. The maximum Gasteiger partial charge on any atom is 0.314 e.